The molecule has 1 aromatic heterocycles. The molecule has 0 bridgehead atoms. The second-order valence-corrected chi connectivity index (χ2v) is 8.59. The van der Waals surface area contributed by atoms with Crippen LogP contribution in [0.2, 0.25) is 0 Å². The lowest BCUT2D eigenvalue weighted by Gasteiger charge is -2.10. The molecule has 180 valence electrons. The van der Waals surface area contributed by atoms with Crippen molar-refractivity contribution in [3.05, 3.63) is 59.0 Å². The molecule has 3 rings (SSSR count). The minimum absolute atomic E-state index is 0.192. The molecule has 2 aromatic carbocycles. The Bertz CT molecular complexity index is 1110. The Labute approximate surface area is 203 Å². The first-order valence-electron chi connectivity index (χ1n) is 11.0. The molecule has 3 aromatic rings. The quantitative estimate of drug-likeness (QED) is 0.278. The summed E-state index contributed by atoms with van der Waals surface area (Å²) in [6, 6.07) is 14.8. The molecule has 1 N–H and O–H groups in total. The van der Waals surface area contributed by atoms with E-state index in [0.29, 0.717) is 35.9 Å². The maximum Gasteiger partial charge on any atom is 0.341 e. The minimum Gasteiger partial charge on any atom is -0.497 e. The van der Waals surface area contributed by atoms with Gasteiger partial charge >= 0.3 is 5.97 Å². The van der Waals surface area contributed by atoms with Crippen molar-refractivity contribution < 1.29 is 28.5 Å². The van der Waals surface area contributed by atoms with E-state index < -0.39 is 5.97 Å². The van der Waals surface area contributed by atoms with E-state index in [4.69, 9.17) is 18.9 Å². The number of anilines is 1. The molecule has 8 heteroatoms. The number of carbonyl (C=O) groups excluding carboxylic acids is 2. The van der Waals surface area contributed by atoms with Crippen LogP contribution in [0.25, 0.3) is 11.1 Å². The van der Waals surface area contributed by atoms with Crippen LogP contribution < -0.4 is 19.5 Å². The molecule has 1 heterocycles. The number of nitrogens with one attached hydrogen (secondary N) is 1. The van der Waals surface area contributed by atoms with Gasteiger partial charge in [-0.25, -0.2) is 4.79 Å². The van der Waals surface area contributed by atoms with Gasteiger partial charge in [-0.3, -0.25) is 4.79 Å². The van der Waals surface area contributed by atoms with Gasteiger partial charge in [0.05, 0.1) is 27.4 Å². The zero-order valence-corrected chi connectivity index (χ0v) is 20.6. The molecule has 7 nitrogen and oxygen atoms in total. The fourth-order valence-corrected chi connectivity index (χ4v) is 4.53. The van der Waals surface area contributed by atoms with Crippen molar-refractivity contribution in [3.8, 4) is 28.4 Å². The summed E-state index contributed by atoms with van der Waals surface area (Å²) in [7, 11) is 2.94. The predicted octanol–water partition coefficient (Wildman–Crippen LogP) is 5.72. The summed E-state index contributed by atoms with van der Waals surface area (Å²) < 4.78 is 21.3. The molecule has 0 saturated carbocycles. The van der Waals surface area contributed by atoms with Crippen LogP contribution >= 0.6 is 11.3 Å². The average Bonchev–Trinajstić information content (AvgIpc) is 3.17. The highest BCUT2D eigenvalue weighted by Gasteiger charge is 2.25. The van der Waals surface area contributed by atoms with Gasteiger partial charge in [-0.05, 0) is 62.2 Å². The summed E-state index contributed by atoms with van der Waals surface area (Å²) in [5.41, 5.74) is 1.96. The molecule has 0 aliphatic carbocycles. The first-order valence-corrected chi connectivity index (χ1v) is 11.8. The van der Waals surface area contributed by atoms with E-state index in [0.717, 1.165) is 27.5 Å². The highest BCUT2D eigenvalue weighted by molar-refractivity contribution is 7.17. The summed E-state index contributed by atoms with van der Waals surface area (Å²) in [4.78, 5) is 26.1. The highest BCUT2D eigenvalue weighted by Crippen LogP contribution is 2.40. The average molecular weight is 484 g/mol. The smallest absolute Gasteiger partial charge is 0.341 e. The first kappa shape index (κ1) is 25.1. The van der Waals surface area contributed by atoms with Crippen molar-refractivity contribution in [3.63, 3.8) is 0 Å². The van der Waals surface area contributed by atoms with Gasteiger partial charge in [-0.15, -0.1) is 11.3 Å². The second kappa shape index (κ2) is 12.1. The predicted molar refractivity (Wildman–Crippen MR) is 133 cm³/mol. The monoisotopic (exact) mass is 483 g/mol. The van der Waals surface area contributed by atoms with E-state index in [1.54, 1.807) is 7.11 Å². The van der Waals surface area contributed by atoms with E-state index in [1.807, 2.05) is 62.4 Å². The standard InChI is InChI=1S/C26H29NO6S/c1-5-32-20-10-8-18(9-11-20)23-17(2)34-25(24(23)26(29)31-4)27-22(28)7-6-16-33-21-14-12-19(30-3)13-15-21/h8-15H,5-7,16H2,1-4H3,(H,27,28). The Morgan fingerprint density at radius 1 is 0.912 bits per heavy atom. The summed E-state index contributed by atoms with van der Waals surface area (Å²) >= 11 is 1.35. The number of carbonyl (C=O) groups is 2. The summed E-state index contributed by atoms with van der Waals surface area (Å²) in [5, 5.41) is 3.36. The van der Waals surface area contributed by atoms with Gasteiger partial charge in [0.2, 0.25) is 5.91 Å². The van der Waals surface area contributed by atoms with E-state index in [9.17, 15) is 9.59 Å². The number of hydrogen-bond donors (Lipinski definition) is 1. The van der Waals surface area contributed by atoms with Crippen LogP contribution in [0.5, 0.6) is 17.2 Å². The zero-order chi connectivity index (χ0) is 24.5. The highest BCUT2D eigenvalue weighted by atomic mass is 32.1. The van der Waals surface area contributed by atoms with Crippen LogP contribution in [0.15, 0.2) is 48.5 Å². The summed E-state index contributed by atoms with van der Waals surface area (Å²) in [5.74, 6) is 1.53. The zero-order valence-electron chi connectivity index (χ0n) is 19.8. The van der Waals surface area contributed by atoms with Crippen LogP contribution in [-0.4, -0.2) is 39.3 Å². The SMILES string of the molecule is CCOc1ccc(-c2c(C)sc(NC(=O)CCCOc3ccc(OC)cc3)c2C(=O)OC)cc1. The number of thiophene rings is 1. The first-order chi connectivity index (χ1) is 16.5. The molecule has 0 aliphatic rings. The number of amides is 1. The largest absolute Gasteiger partial charge is 0.497 e. The maximum absolute atomic E-state index is 12.6. The minimum atomic E-state index is -0.494. The van der Waals surface area contributed by atoms with Crippen LogP contribution in [0.3, 0.4) is 0 Å². The Kier molecular flexibility index (Phi) is 8.93. The van der Waals surface area contributed by atoms with Crippen LogP contribution in [-0.2, 0) is 9.53 Å². The number of rotatable bonds is 11. The van der Waals surface area contributed by atoms with Gasteiger partial charge < -0.3 is 24.3 Å². The Morgan fingerprint density at radius 3 is 2.15 bits per heavy atom. The molecule has 34 heavy (non-hydrogen) atoms. The van der Waals surface area contributed by atoms with Crippen molar-refractivity contribution in [2.45, 2.75) is 26.7 Å². The molecular formula is C26H29NO6S. The molecule has 0 spiro atoms. The van der Waals surface area contributed by atoms with Crippen molar-refractivity contribution in [1.29, 1.82) is 0 Å². The van der Waals surface area contributed by atoms with E-state index in [1.165, 1.54) is 18.4 Å². The number of ether oxygens (including phenoxy) is 4. The van der Waals surface area contributed by atoms with Crippen molar-refractivity contribution in [1.82, 2.24) is 0 Å². The third kappa shape index (κ3) is 6.29. The normalized spacial score (nSPS) is 10.5. The summed E-state index contributed by atoms with van der Waals surface area (Å²) in [6.07, 6.45) is 0.785. The molecular weight excluding hydrogens is 454 g/mol. The number of benzene rings is 2. The molecule has 0 fully saturated rings. The Hall–Kier alpha value is -3.52. The molecule has 0 saturated heterocycles. The van der Waals surface area contributed by atoms with E-state index in [2.05, 4.69) is 5.32 Å². The van der Waals surface area contributed by atoms with Crippen LogP contribution in [0, 0.1) is 6.92 Å². The number of methoxy groups -OCH3 is 2. The van der Waals surface area contributed by atoms with Gasteiger partial charge in [0.15, 0.2) is 0 Å². The van der Waals surface area contributed by atoms with Gasteiger partial charge in [-0.1, -0.05) is 12.1 Å². The topological polar surface area (TPSA) is 83.1 Å². The van der Waals surface area contributed by atoms with Crippen molar-refractivity contribution in [2.75, 3.05) is 32.8 Å². The van der Waals surface area contributed by atoms with Gasteiger partial charge in [0.1, 0.15) is 27.8 Å². The molecule has 0 radical (unpaired) electrons. The van der Waals surface area contributed by atoms with E-state index >= 15 is 0 Å². The number of aryl methyl sites for hydroxylation is 1. The molecule has 0 unspecified atom stereocenters. The fraction of sp³-hybridized carbons (Fsp3) is 0.308. The summed E-state index contributed by atoms with van der Waals surface area (Å²) in [6.45, 7) is 4.81. The van der Waals surface area contributed by atoms with Gasteiger partial charge in [0, 0.05) is 16.9 Å². The Morgan fingerprint density at radius 2 is 1.53 bits per heavy atom. The van der Waals surface area contributed by atoms with Crippen molar-refractivity contribution in [2.24, 2.45) is 0 Å². The molecule has 0 aliphatic heterocycles. The lowest BCUT2D eigenvalue weighted by atomic mass is 10.0. The lowest BCUT2D eigenvalue weighted by Crippen LogP contribution is -2.14. The second-order valence-electron chi connectivity index (χ2n) is 7.36. The van der Waals surface area contributed by atoms with Crippen LogP contribution in [0.1, 0.15) is 35.0 Å². The van der Waals surface area contributed by atoms with Crippen LogP contribution in [0.4, 0.5) is 5.00 Å². The third-order valence-electron chi connectivity index (χ3n) is 5.06. The maximum atomic E-state index is 12.6. The third-order valence-corrected chi connectivity index (χ3v) is 6.08. The Balaban J connectivity index is 1.66. The number of esters is 1. The fourth-order valence-electron chi connectivity index (χ4n) is 3.45. The van der Waals surface area contributed by atoms with Gasteiger partial charge in [0.25, 0.3) is 0 Å². The number of hydrogen-bond acceptors (Lipinski definition) is 7. The lowest BCUT2D eigenvalue weighted by molar-refractivity contribution is -0.116. The molecule has 0 atom stereocenters. The molecule has 1 amide bonds. The van der Waals surface area contributed by atoms with E-state index in [-0.39, 0.29) is 12.3 Å². The van der Waals surface area contributed by atoms with Crippen molar-refractivity contribution >= 4 is 28.2 Å². The van der Waals surface area contributed by atoms with Gasteiger partial charge in [-0.2, -0.15) is 0 Å².